The molecule has 0 saturated heterocycles. The SMILES string of the molecule is Cc1ccc2nc(C#Cc3ccccc3)c(C(O)C(=O)NC3CCCCC3)cc2c1. The number of benzene rings is 2. The minimum atomic E-state index is -1.30. The molecule has 0 radical (unpaired) electrons. The summed E-state index contributed by atoms with van der Waals surface area (Å²) in [5.41, 5.74) is 3.63. The van der Waals surface area contributed by atoms with Gasteiger partial charge in [0.15, 0.2) is 6.10 Å². The van der Waals surface area contributed by atoms with Crippen LogP contribution in [0.1, 0.15) is 60.6 Å². The topological polar surface area (TPSA) is 62.2 Å². The molecule has 1 unspecified atom stereocenters. The van der Waals surface area contributed by atoms with Gasteiger partial charge in [-0.1, -0.05) is 55.0 Å². The van der Waals surface area contributed by atoms with Gasteiger partial charge in [0.1, 0.15) is 5.69 Å². The number of nitrogens with one attached hydrogen (secondary N) is 1. The Morgan fingerprint density at radius 3 is 2.60 bits per heavy atom. The van der Waals surface area contributed by atoms with Gasteiger partial charge in [-0.25, -0.2) is 4.98 Å². The third kappa shape index (κ3) is 4.69. The fraction of sp³-hybridized carbons (Fsp3) is 0.308. The molecule has 0 spiro atoms. The van der Waals surface area contributed by atoms with Crippen molar-refractivity contribution >= 4 is 16.8 Å². The molecule has 1 fully saturated rings. The molecule has 2 aromatic carbocycles. The van der Waals surface area contributed by atoms with Crippen molar-refractivity contribution in [3.8, 4) is 11.8 Å². The Kier molecular flexibility index (Phi) is 6.11. The van der Waals surface area contributed by atoms with Crippen LogP contribution in [0.4, 0.5) is 0 Å². The molecule has 4 nitrogen and oxygen atoms in total. The minimum Gasteiger partial charge on any atom is -0.378 e. The van der Waals surface area contributed by atoms with Crippen molar-refractivity contribution in [3.63, 3.8) is 0 Å². The lowest BCUT2D eigenvalue weighted by Gasteiger charge is -2.24. The fourth-order valence-corrected chi connectivity index (χ4v) is 3.94. The predicted molar refractivity (Wildman–Crippen MR) is 119 cm³/mol. The number of hydrogen-bond acceptors (Lipinski definition) is 3. The number of amides is 1. The van der Waals surface area contributed by atoms with Crippen LogP contribution in [0.5, 0.6) is 0 Å². The number of aliphatic hydroxyl groups is 1. The van der Waals surface area contributed by atoms with Crippen molar-refractivity contribution in [3.05, 3.63) is 77.0 Å². The molecule has 30 heavy (non-hydrogen) atoms. The minimum absolute atomic E-state index is 0.135. The van der Waals surface area contributed by atoms with Crippen molar-refractivity contribution in [1.29, 1.82) is 0 Å². The van der Waals surface area contributed by atoms with E-state index in [0.717, 1.165) is 47.7 Å². The maximum atomic E-state index is 12.8. The van der Waals surface area contributed by atoms with E-state index in [4.69, 9.17) is 0 Å². The molecule has 1 atom stereocenters. The predicted octanol–water partition coefficient (Wildman–Crippen LogP) is 4.43. The molecule has 0 bridgehead atoms. The third-order valence-electron chi connectivity index (χ3n) is 5.59. The van der Waals surface area contributed by atoms with E-state index in [9.17, 15) is 9.90 Å². The molecule has 152 valence electrons. The Morgan fingerprint density at radius 1 is 1.07 bits per heavy atom. The second kappa shape index (κ2) is 9.11. The van der Waals surface area contributed by atoms with Crippen molar-refractivity contribution in [2.24, 2.45) is 0 Å². The van der Waals surface area contributed by atoms with Crippen LogP contribution < -0.4 is 5.32 Å². The van der Waals surface area contributed by atoms with Crippen LogP contribution in [0, 0.1) is 18.8 Å². The summed E-state index contributed by atoms with van der Waals surface area (Å²) in [6.45, 7) is 2.01. The van der Waals surface area contributed by atoms with Gasteiger partial charge in [0.2, 0.25) is 0 Å². The quantitative estimate of drug-likeness (QED) is 0.642. The van der Waals surface area contributed by atoms with E-state index < -0.39 is 6.10 Å². The highest BCUT2D eigenvalue weighted by Crippen LogP contribution is 2.24. The van der Waals surface area contributed by atoms with Gasteiger partial charge >= 0.3 is 0 Å². The largest absolute Gasteiger partial charge is 0.378 e. The van der Waals surface area contributed by atoms with Gasteiger partial charge in [0.25, 0.3) is 5.91 Å². The molecule has 1 heterocycles. The lowest BCUT2D eigenvalue weighted by atomic mass is 9.95. The van der Waals surface area contributed by atoms with E-state index in [2.05, 4.69) is 22.1 Å². The van der Waals surface area contributed by atoms with Crippen LogP contribution in [0.3, 0.4) is 0 Å². The average Bonchev–Trinajstić information content (AvgIpc) is 2.78. The molecule has 4 rings (SSSR count). The average molecular weight is 399 g/mol. The zero-order chi connectivity index (χ0) is 20.9. The number of carbonyl (C=O) groups excluding carboxylic acids is 1. The van der Waals surface area contributed by atoms with E-state index in [1.165, 1.54) is 6.42 Å². The van der Waals surface area contributed by atoms with Crippen molar-refractivity contribution in [2.45, 2.75) is 51.2 Å². The van der Waals surface area contributed by atoms with Crippen LogP contribution in [0.15, 0.2) is 54.6 Å². The molecule has 4 heteroatoms. The summed E-state index contributed by atoms with van der Waals surface area (Å²) in [6.07, 6.45) is 4.08. The number of aromatic nitrogens is 1. The van der Waals surface area contributed by atoms with Crippen LogP contribution in [0.2, 0.25) is 0 Å². The Labute approximate surface area is 177 Å². The van der Waals surface area contributed by atoms with Crippen LogP contribution in [0.25, 0.3) is 10.9 Å². The van der Waals surface area contributed by atoms with Gasteiger partial charge < -0.3 is 10.4 Å². The number of fused-ring (bicyclic) bond motifs is 1. The molecule has 1 aliphatic carbocycles. The number of rotatable bonds is 3. The Bertz CT molecular complexity index is 1110. The summed E-state index contributed by atoms with van der Waals surface area (Å²) in [7, 11) is 0. The number of aliphatic hydroxyl groups excluding tert-OH is 1. The Morgan fingerprint density at radius 2 is 1.83 bits per heavy atom. The second-order valence-corrected chi connectivity index (χ2v) is 7.98. The first-order valence-electron chi connectivity index (χ1n) is 10.6. The Balaban J connectivity index is 1.70. The van der Waals surface area contributed by atoms with Gasteiger partial charge in [-0.3, -0.25) is 4.79 Å². The summed E-state index contributed by atoms with van der Waals surface area (Å²) in [6, 6.07) is 17.5. The Hall–Kier alpha value is -3.16. The van der Waals surface area contributed by atoms with Crippen molar-refractivity contribution < 1.29 is 9.90 Å². The van der Waals surface area contributed by atoms with Gasteiger partial charge in [0.05, 0.1) is 5.52 Å². The molecule has 0 aliphatic heterocycles. The standard InChI is InChI=1S/C26H26N2O2/c1-18-12-14-23-20(16-18)17-22(24(28-23)15-13-19-8-4-2-5-9-19)25(29)26(30)27-21-10-6-3-7-11-21/h2,4-5,8-9,12,14,16-17,21,25,29H,3,6-7,10-11H2,1H3,(H,27,30). The zero-order valence-electron chi connectivity index (χ0n) is 17.2. The van der Waals surface area contributed by atoms with Crippen LogP contribution in [-0.2, 0) is 4.79 Å². The fourth-order valence-electron chi connectivity index (χ4n) is 3.94. The van der Waals surface area contributed by atoms with Gasteiger partial charge in [0, 0.05) is 22.6 Å². The maximum absolute atomic E-state index is 12.8. The first kappa shape index (κ1) is 20.1. The monoisotopic (exact) mass is 398 g/mol. The van der Waals surface area contributed by atoms with E-state index in [1.807, 2.05) is 61.5 Å². The van der Waals surface area contributed by atoms with Crippen LogP contribution in [-0.4, -0.2) is 22.0 Å². The summed E-state index contributed by atoms with van der Waals surface area (Å²) in [5.74, 6) is 5.80. The maximum Gasteiger partial charge on any atom is 0.253 e. The smallest absolute Gasteiger partial charge is 0.253 e. The van der Waals surface area contributed by atoms with E-state index >= 15 is 0 Å². The normalized spacial score (nSPS) is 15.3. The molecule has 1 aromatic heterocycles. The first-order valence-corrected chi connectivity index (χ1v) is 10.6. The number of aryl methyl sites for hydroxylation is 1. The van der Waals surface area contributed by atoms with Crippen LogP contribution >= 0.6 is 0 Å². The summed E-state index contributed by atoms with van der Waals surface area (Å²) in [5, 5.41) is 14.8. The number of pyridine rings is 1. The van der Waals surface area contributed by atoms with Crippen molar-refractivity contribution in [2.75, 3.05) is 0 Å². The molecule has 1 aliphatic rings. The van der Waals surface area contributed by atoms with Gasteiger partial charge in [-0.15, -0.1) is 0 Å². The first-order chi connectivity index (χ1) is 14.6. The van der Waals surface area contributed by atoms with E-state index in [1.54, 1.807) is 0 Å². The molecular formula is C26H26N2O2. The summed E-state index contributed by atoms with van der Waals surface area (Å²) >= 11 is 0. The van der Waals surface area contributed by atoms with Gasteiger partial charge in [-0.2, -0.15) is 0 Å². The highest BCUT2D eigenvalue weighted by Gasteiger charge is 2.25. The summed E-state index contributed by atoms with van der Waals surface area (Å²) in [4.78, 5) is 17.5. The number of carbonyl (C=O) groups is 1. The second-order valence-electron chi connectivity index (χ2n) is 7.98. The van der Waals surface area contributed by atoms with Crippen molar-refractivity contribution in [1.82, 2.24) is 10.3 Å². The van der Waals surface area contributed by atoms with E-state index in [0.29, 0.717) is 11.3 Å². The molecular weight excluding hydrogens is 372 g/mol. The number of hydrogen-bond donors (Lipinski definition) is 2. The van der Waals surface area contributed by atoms with E-state index in [-0.39, 0.29) is 11.9 Å². The lowest BCUT2D eigenvalue weighted by molar-refractivity contribution is -0.130. The molecule has 1 amide bonds. The highest BCUT2D eigenvalue weighted by atomic mass is 16.3. The zero-order valence-corrected chi connectivity index (χ0v) is 17.2. The highest BCUT2D eigenvalue weighted by molar-refractivity contribution is 5.86. The molecule has 1 saturated carbocycles. The summed E-state index contributed by atoms with van der Waals surface area (Å²) < 4.78 is 0. The molecule has 3 aromatic rings. The number of nitrogens with zero attached hydrogens (tertiary/aromatic N) is 1. The lowest BCUT2D eigenvalue weighted by Crippen LogP contribution is -2.39. The molecule has 2 N–H and O–H groups in total. The van der Waals surface area contributed by atoms with Gasteiger partial charge in [-0.05, 0) is 56.0 Å². The third-order valence-corrected chi connectivity index (χ3v) is 5.59.